The number of ether oxygens (including phenoxy) is 1. The molecule has 1 heterocycles. The zero-order valence-corrected chi connectivity index (χ0v) is 9.81. The van der Waals surface area contributed by atoms with Gasteiger partial charge in [-0.25, -0.2) is 0 Å². The second kappa shape index (κ2) is 4.33. The Labute approximate surface area is 99.3 Å². The highest BCUT2D eigenvalue weighted by atomic mass is 16.5. The molecular formula is C13H14N2O2. The number of benzene rings is 1. The molecule has 4 nitrogen and oxygen atoms in total. The van der Waals surface area contributed by atoms with E-state index in [-0.39, 0.29) is 5.56 Å². The van der Waals surface area contributed by atoms with Crippen molar-refractivity contribution < 1.29 is 4.74 Å². The van der Waals surface area contributed by atoms with Gasteiger partial charge in [0.05, 0.1) is 12.8 Å². The summed E-state index contributed by atoms with van der Waals surface area (Å²) in [6.07, 6.45) is 0. The molecule has 17 heavy (non-hydrogen) atoms. The van der Waals surface area contributed by atoms with Crippen LogP contribution in [-0.4, -0.2) is 11.7 Å². The predicted molar refractivity (Wildman–Crippen MR) is 68.1 cm³/mol. The average Bonchev–Trinajstić information content (AvgIpc) is 2.34. The van der Waals surface area contributed by atoms with Crippen molar-refractivity contribution in [1.29, 1.82) is 0 Å². The second-order valence-corrected chi connectivity index (χ2v) is 3.80. The summed E-state index contributed by atoms with van der Waals surface area (Å²) < 4.78 is 6.72. The molecule has 4 heteroatoms. The number of pyridine rings is 1. The van der Waals surface area contributed by atoms with Crippen molar-refractivity contribution in [3.63, 3.8) is 0 Å². The molecule has 0 atom stereocenters. The largest absolute Gasteiger partial charge is 0.497 e. The van der Waals surface area contributed by atoms with E-state index < -0.39 is 0 Å². The van der Waals surface area contributed by atoms with Crippen molar-refractivity contribution in [3.05, 3.63) is 46.8 Å². The number of hydrogen-bond donors (Lipinski definition) is 1. The van der Waals surface area contributed by atoms with E-state index in [0.717, 1.165) is 17.0 Å². The van der Waals surface area contributed by atoms with Crippen LogP contribution in [0.15, 0.2) is 41.2 Å². The lowest BCUT2D eigenvalue weighted by molar-refractivity contribution is 0.415. The Morgan fingerprint density at radius 2 is 2.00 bits per heavy atom. The van der Waals surface area contributed by atoms with Crippen molar-refractivity contribution in [2.45, 2.75) is 0 Å². The molecule has 1 aromatic carbocycles. The molecular weight excluding hydrogens is 216 g/mol. The molecule has 0 fully saturated rings. The van der Waals surface area contributed by atoms with Crippen LogP contribution >= 0.6 is 0 Å². The third-order valence-electron chi connectivity index (χ3n) is 2.65. The summed E-state index contributed by atoms with van der Waals surface area (Å²) in [7, 11) is 3.33. The molecule has 1 aromatic heterocycles. The van der Waals surface area contributed by atoms with Gasteiger partial charge >= 0.3 is 0 Å². The van der Waals surface area contributed by atoms with E-state index in [9.17, 15) is 4.79 Å². The SMILES string of the molecule is COc1cccc(-c2cc(N)cc(=O)n2C)c1. The number of nitrogens with zero attached hydrogens (tertiary/aromatic N) is 1. The summed E-state index contributed by atoms with van der Waals surface area (Å²) in [6.45, 7) is 0. The van der Waals surface area contributed by atoms with Gasteiger partial charge in [-0.15, -0.1) is 0 Å². The van der Waals surface area contributed by atoms with Crippen molar-refractivity contribution in [3.8, 4) is 17.0 Å². The van der Waals surface area contributed by atoms with E-state index in [1.165, 1.54) is 6.07 Å². The number of aromatic nitrogens is 1. The fraction of sp³-hybridized carbons (Fsp3) is 0.154. The monoisotopic (exact) mass is 230 g/mol. The summed E-state index contributed by atoms with van der Waals surface area (Å²) in [6, 6.07) is 10.7. The quantitative estimate of drug-likeness (QED) is 0.853. The molecule has 2 rings (SSSR count). The highest BCUT2D eigenvalue weighted by Crippen LogP contribution is 2.23. The number of nitrogen functional groups attached to an aromatic ring is 1. The van der Waals surface area contributed by atoms with Crippen LogP contribution in [0.4, 0.5) is 5.69 Å². The summed E-state index contributed by atoms with van der Waals surface area (Å²) in [5.74, 6) is 0.748. The van der Waals surface area contributed by atoms with Crippen LogP contribution in [0.2, 0.25) is 0 Å². The zero-order chi connectivity index (χ0) is 12.4. The third-order valence-corrected chi connectivity index (χ3v) is 2.65. The minimum Gasteiger partial charge on any atom is -0.497 e. The van der Waals surface area contributed by atoms with Crippen molar-refractivity contribution in [1.82, 2.24) is 4.57 Å². The Balaban J connectivity index is 2.63. The lowest BCUT2D eigenvalue weighted by atomic mass is 10.1. The summed E-state index contributed by atoms with van der Waals surface area (Å²) in [5, 5.41) is 0. The van der Waals surface area contributed by atoms with Gasteiger partial charge in [0.15, 0.2) is 0 Å². The van der Waals surface area contributed by atoms with Gasteiger partial charge in [-0.1, -0.05) is 12.1 Å². The Bertz CT molecular complexity index is 603. The van der Waals surface area contributed by atoms with E-state index in [2.05, 4.69) is 0 Å². The fourth-order valence-corrected chi connectivity index (χ4v) is 1.71. The van der Waals surface area contributed by atoms with Crippen molar-refractivity contribution in [2.24, 2.45) is 7.05 Å². The van der Waals surface area contributed by atoms with E-state index >= 15 is 0 Å². The topological polar surface area (TPSA) is 57.2 Å². The Hall–Kier alpha value is -2.23. The van der Waals surface area contributed by atoms with E-state index in [1.807, 2.05) is 24.3 Å². The summed E-state index contributed by atoms with van der Waals surface area (Å²) >= 11 is 0. The third kappa shape index (κ3) is 2.15. The van der Waals surface area contributed by atoms with Gasteiger partial charge in [0.2, 0.25) is 0 Å². The van der Waals surface area contributed by atoms with Crippen LogP contribution in [0.25, 0.3) is 11.3 Å². The Morgan fingerprint density at radius 1 is 1.24 bits per heavy atom. The molecule has 0 amide bonds. The lowest BCUT2D eigenvalue weighted by Gasteiger charge is -2.10. The van der Waals surface area contributed by atoms with Crippen LogP contribution < -0.4 is 16.0 Å². The molecule has 0 bridgehead atoms. The predicted octanol–water partition coefficient (Wildman–Crippen LogP) is 1.64. The molecule has 0 radical (unpaired) electrons. The van der Waals surface area contributed by atoms with Crippen molar-refractivity contribution in [2.75, 3.05) is 12.8 Å². The molecule has 0 saturated heterocycles. The Kier molecular flexibility index (Phi) is 2.87. The van der Waals surface area contributed by atoms with Gasteiger partial charge < -0.3 is 15.0 Å². The maximum Gasteiger partial charge on any atom is 0.252 e. The highest BCUT2D eigenvalue weighted by molar-refractivity contribution is 5.65. The maximum atomic E-state index is 11.6. The fourth-order valence-electron chi connectivity index (χ4n) is 1.71. The number of anilines is 1. The first-order valence-electron chi connectivity index (χ1n) is 5.23. The molecule has 0 aliphatic rings. The normalized spacial score (nSPS) is 10.2. The van der Waals surface area contributed by atoms with Crippen LogP contribution in [0.1, 0.15) is 0 Å². The van der Waals surface area contributed by atoms with Gasteiger partial charge in [-0.05, 0) is 18.2 Å². The minimum atomic E-state index is -0.122. The zero-order valence-electron chi connectivity index (χ0n) is 9.81. The van der Waals surface area contributed by atoms with Crippen LogP contribution in [0.3, 0.4) is 0 Å². The van der Waals surface area contributed by atoms with E-state index in [0.29, 0.717) is 5.69 Å². The van der Waals surface area contributed by atoms with Crippen LogP contribution in [0.5, 0.6) is 5.75 Å². The van der Waals surface area contributed by atoms with E-state index in [4.69, 9.17) is 10.5 Å². The smallest absolute Gasteiger partial charge is 0.252 e. The van der Waals surface area contributed by atoms with Gasteiger partial charge in [-0.3, -0.25) is 4.79 Å². The van der Waals surface area contributed by atoms with Gasteiger partial charge in [-0.2, -0.15) is 0 Å². The van der Waals surface area contributed by atoms with Crippen LogP contribution in [-0.2, 0) is 7.05 Å². The second-order valence-electron chi connectivity index (χ2n) is 3.80. The van der Waals surface area contributed by atoms with Crippen molar-refractivity contribution >= 4 is 5.69 Å². The standard InChI is InChI=1S/C13H14N2O2/c1-15-12(7-10(14)8-13(15)16)9-4-3-5-11(6-9)17-2/h3-8H,14H2,1-2H3. The molecule has 0 unspecified atom stereocenters. The molecule has 0 saturated carbocycles. The number of rotatable bonds is 2. The summed E-state index contributed by atoms with van der Waals surface area (Å²) in [5.41, 5.74) is 7.70. The number of hydrogen-bond acceptors (Lipinski definition) is 3. The molecule has 2 N–H and O–H groups in total. The minimum absolute atomic E-state index is 0.122. The maximum absolute atomic E-state index is 11.6. The van der Waals surface area contributed by atoms with Gasteiger partial charge in [0.1, 0.15) is 5.75 Å². The first-order valence-corrected chi connectivity index (χ1v) is 5.23. The number of nitrogens with two attached hydrogens (primary N) is 1. The lowest BCUT2D eigenvalue weighted by Crippen LogP contribution is -2.18. The summed E-state index contributed by atoms with van der Waals surface area (Å²) in [4.78, 5) is 11.6. The molecule has 0 aliphatic carbocycles. The molecule has 0 aliphatic heterocycles. The highest BCUT2D eigenvalue weighted by Gasteiger charge is 2.05. The average molecular weight is 230 g/mol. The van der Waals surface area contributed by atoms with Gasteiger partial charge in [0.25, 0.3) is 5.56 Å². The van der Waals surface area contributed by atoms with Gasteiger partial charge in [0, 0.05) is 24.4 Å². The molecule has 2 aromatic rings. The first-order chi connectivity index (χ1) is 8.11. The first kappa shape index (κ1) is 11.3. The number of methoxy groups -OCH3 is 1. The molecule has 88 valence electrons. The van der Waals surface area contributed by atoms with E-state index in [1.54, 1.807) is 24.8 Å². The van der Waals surface area contributed by atoms with Crippen LogP contribution in [0, 0.1) is 0 Å². The Morgan fingerprint density at radius 3 is 2.71 bits per heavy atom. The molecule has 0 spiro atoms.